The van der Waals surface area contributed by atoms with Crippen LogP contribution in [0.4, 0.5) is 4.39 Å². The van der Waals surface area contributed by atoms with Crippen molar-refractivity contribution in [3.63, 3.8) is 0 Å². The monoisotopic (exact) mass is 622 g/mol. The quantitative estimate of drug-likeness (QED) is 0.333. The Morgan fingerprint density at radius 2 is 1.86 bits per heavy atom. The topological polar surface area (TPSA) is 108 Å². The van der Waals surface area contributed by atoms with E-state index in [0.717, 1.165) is 46.4 Å². The van der Waals surface area contributed by atoms with E-state index in [9.17, 15) is 22.4 Å². The van der Waals surface area contributed by atoms with E-state index in [2.05, 4.69) is 51.7 Å². The first-order valence-electron chi connectivity index (χ1n) is 14.2. The van der Waals surface area contributed by atoms with Gasteiger partial charge < -0.3 is 15.5 Å². The lowest BCUT2D eigenvalue weighted by Crippen LogP contribution is -2.41. The van der Waals surface area contributed by atoms with Gasteiger partial charge in [0.05, 0.1) is 22.5 Å². The summed E-state index contributed by atoms with van der Waals surface area (Å²) in [5.41, 5.74) is 4.07. The molecule has 2 atom stereocenters. The molecule has 1 saturated carbocycles. The van der Waals surface area contributed by atoms with Crippen molar-refractivity contribution < 1.29 is 22.4 Å². The average molecular weight is 623 g/mol. The third-order valence-corrected chi connectivity index (χ3v) is 10.6. The van der Waals surface area contributed by atoms with E-state index >= 15 is 0 Å². The lowest BCUT2D eigenvalue weighted by atomic mass is 9.96. The molecule has 0 saturated heterocycles. The SMILES string of the molecule is CC1C/C=C/C(c2ccc3nc(C(C(=O)NCC(=O)NC4CC4)S(=O)(=O)Cc4ccc(F)cc4)sc3c2)=C\C=C/1N(C)C. The zero-order valence-electron chi connectivity index (χ0n) is 24.3. The van der Waals surface area contributed by atoms with Gasteiger partial charge in [0.25, 0.3) is 0 Å². The molecule has 226 valence electrons. The number of amides is 2. The molecular formula is C32H35FN4O4S2. The van der Waals surface area contributed by atoms with E-state index in [-0.39, 0.29) is 23.5 Å². The van der Waals surface area contributed by atoms with Gasteiger partial charge in [-0.1, -0.05) is 43.4 Å². The number of hydrogen-bond acceptors (Lipinski definition) is 7. The zero-order valence-corrected chi connectivity index (χ0v) is 26.0. The van der Waals surface area contributed by atoms with Gasteiger partial charge in [0.1, 0.15) is 10.8 Å². The minimum atomic E-state index is -4.16. The van der Waals surface area contributed by atoms with Gasteiger partial charge in [-0.3, -0.25) is 9.59 Å². The van der Waals surface area contributed by atoms with E-state index in [0.29, 0.717) is 17.0 Å². The molecule has 2 unspecified atom stereocenters. The van der Waals surface area contributed by atoms with Crippen LogP contribution >= 0.6 is 11.3 Å². The van der Waals surface area contributed by atoms with Crippen molar-refractivity contribution >= 4 is 48.8 Å². The summed E-state index contributed by atoms with van der Waals surface area (Å²) in [4.78, 5) is 32.3. The zero-order chi connectivity index (χ0) is 30.7. The van der Waals surface area contributed by atoms with Crippen molar-refractivity contribution in [3.05, 3.63) is 94.4 Å². The molecule has 0 bridgehead atoms. The van der Waals surface area contributed by atoms with Crippen molar-refractivity contribution in [2.75, 3.05) is 20.6 Å². The highest BCUT2D eigenvalue weighted by Gasteiger charge is 2.37. The van der Waals surface area contributed by atoms with Crippen molar-refractivity contribution in [2.45, 2.75) is 43.2 Å². The van der Waals surface area contributed by atoms with Crippen LogP contribution in [0.2, 0.25) is 0 Å². The number of nitrogens with one attached hydrogen (secondary N) is 2. The van der Waals surface area contributed by atoms with Crippen LogP contribution in [0.25, 0.3) is 15.8 Å². The number of carbonyl (C=O) groups excluding carboxylic acids is 2. The predicted octanol–water partition coefficient (Wildman–Crippen LogP) is 4.91. The number of benzene rings is 2. The van der Waals surface area contributed by atoms with Gasteiger partial charge in [0.2, 0.25) is 11.8 Å². The molecule has 2 aliphatic carbocycles. The molecule has 8 nitrogen and oxygen atoms in total. The van der Waals surface area contributed by atoms with Crippen molar-refractivity contribution in [1.29, 1.82) is 0 Å². The second-order valence-corrected chi connectivity index (χ2v) is 14.4. The van der Waals surface area contributed by atoms with E-state index in [4.69, 9.17) is 0 Å². The van der Waals surface area contributed by atoms with Gasteiger partial charge in [0.15, 0.2) is 15.1 Å². The largest absolute Gasteiger partial charge is 0.381 e. The minimum Gasteiger partial charge on any atom is -0.381 e. The maximum Gasteiger partial charge on any atom is 0.245 e. The lowest BCUT2D eigenvalue weighted by Gasteiger charge is -2.23. The minimum absolute atomic E-state index is 0.108. The second kappa shape index (κ2) is 12.8. The number of rotatable bonds is 10. The number of hydrogen-bond donors (Lipinski definition) is 2. The molecule has 1 aromatic heterocycles. The van der Waals surface area contributed by atoms with E-state index < -0.39 is 32.6 Å². The fraction of sp³-hybridized carbons (Fsp3) is 0.344. The molecule has 0 aliphatic heterocycles. The Kier molecular flexibility index (Phi) is 9.12. The summed E-state index contributed by atoms with van der Waals surface area (Å²) < 4.78 is 41.6. The molecule has 2 N–H and O–H groups in total. The highest BCUT2D eigenvalue weighted by molar-refractivity contribution is 7.91. The maximum absolute atomic E-state index is 13.7. The number of thiazole rings is 1. The molecular weight excluding hydrogens is 588 g/mol. The van der Waals surface area contributed by atoms with Crippen molar-refractivity contribution in [2.24, 2.45) is 5.92 Å². The van der Waals surface area contributed by atoms with E-state index in [1.54, 1.807) is 0 Å². The van der Waals surface area contributed by atoms with Gasteiger partial charge in [0, 0.05) is 25.8 Å². The fourth-order valence-electron chi connectivity index (χ4n) is 5.02. The van der Waals surface area contributed by atoms with Gasteiger partial charge in [-0.05, 0) is 72.2 Å². The number of aromatic nitrogens is 1. The van der Waals surface area contributed by atoms with Crippen LogP contribution in [0.3, 0.4) is 0 Å². The molecule has 2 amide bonds. The third kappa shape index (κ3) is 7.58. The van der Waals surface area contributed by atoms with Gasteiger partial charge >= 0.3 is 0 Å². The maximum atomic E-state index is 13.7. The smallest absolute Gasteiger partial charge is 0.245 e. The molecule has 3 aromatic rings. The van der Waals surface area contributed by atoms with Gasteiger partial charge in [-0.15, -0.1) is 11.3 Å². The number of allylic oxidation sites excluding steroid dienone is 6. The molecule has 1 heterocycles. The van der Waals surface area contributed by atoms with Crippen LogP contribution in [0, 0.1) is 11.7 Å². The normalized spacial score (nSPS) is 21.0. The predicted molar refractivity (Wildman–Crippen MR) is 168 cm³/mol. The first kappa shape index (κ1) is 30.6. The highest BCUT2D eigenvalue weighted by Crippen LogP contribution is 2.35. The second-order valence-electron chi connectivity index (χ2n) is 11.3. The number of nitrogens with zero attached hydrogens (tertiary/aromatic N) is 2. The summed E-state index contributed by atoms with van der Waals surface area (Å²) in [6, 6.07) is 10.9. The van der Waals surface area contributed by atoms with Crippen molar-refractivity contribution in [3.8, 4) is 0 Å². The van der Waals surface area contributed by atoms with Gasteiger partial charge in [-0.25, -0.2) is 17.8 Å². The fourth-order valence-corrected chi connectivity index (χ4v) is 8.19. The molecule has 5 rings (SSSR count). The highest BCUT2D eigenvalue weighted by atomic mass is 32.2. The average Bonchev–Trinajstić information content (AvgIpc) is 3.65. The summed E-state index contributed by atoms with van der Waals surface area (Å²) >= 11 is 1.14. The summed E-state index contributed by atoms with van der Waals surface area (Å²) in [6.45, 7) is 1.85. The van der Waals surface area contributed by atoms with Crippen LogP contribution in [0.15, 0.2) is 72.5 Å². The van der Waals surface area contributed by atoms with Crippen LogP contribution in [0.5, 0.6) is 0 Å². The standard InChI is InChI=1S/C32H35FN4O4S2/c1-20-5-4-6-22(10-16-27(20)37(2)3)23-9-15-26-28(17-23)42-32(36-26)30(31(39)34-18-29(38)35-25-13-14-25)43(40,41)19-21-7-11-24(33)12-8-21/h4,6-12,15-17,20,25,30H,5,13-14,18-19H2,1-3H3,(H,34,39)(H,35,38)/b6-4+,22-10+,27-16+. The first-order valence-corrected chi connectivity index (χ1v) is 16.7. The number of fused-ring (bicyclic) bond motifs is 1. The number of sulfone groups is 1. The number of carbonyl (C=O) groups is 2. The molecule has 2 aliphatic rings. The Morgan fingerprint density at radius 1 is 1.12 bits per heavy atom. The number of halogens is 1. The third-order valence-electron chi connectivity index (χ3n) is 7.45. The van der Waals surface area contributed by atoms with Crippen LogP contribution in [0.1, 0.15) is 47.6 Å². The molecule has 2 aromatic carbocycles. The molecule has 1 fully saturated rings. The lowest BCUT2D eigenvalue weighted by molar-refractivity contribution is -0.126. The Balaban J connectivity index is 1.47. The van der Waals surface area contributed by atoms with Crippen LogP contribution in [-0.4, -0.2) is 56.8 Å². The van der Waals surface area contributed by atoms with E-state index in [1.807, 2.05) is 32.3 Å². The summed E-state index contributed by atoms with van der Waals surface area (Å²) in [5.74, 6) is -1.79. The molecule has 11 heteroatoms. The molecule has 43 heavy (non-hydrogen) atoms. The van der Waals surface area contributed by atoms with Crippen LogP contribution < -0.4 is 10.6 Å². The summed E-state index contributed by atoms with van der Waals surface area (Å²) in [5, 5.41) is 3.75. The Morgan fingerprint density at radius 3 is 2.56 bits per heavy atom. The molecule has 0 spiro atoms. The Labute approximate surface area is 255 Å². The Bertz CT molecular complexity index is 1720. The summed E-state index contributed by atoms with van der Waals surface area (Å²) in [6.07, 6.45) is 11.1. The first-order chi connectivity index (χ1) is 20.5. The Hall–Kier alpha value is -3.83. The van der Waals surface area contributed by atoms with Crippen LogP contribution in [-0.2, 0) is 25.2 Å². The van der Waals surface area contributed by atoms with E-state index in [1.165, 1.54) is 30.0 Å². The van der Waals surface area contributed by atoms with Crippen molar-refractivity contribution in [1.82, 2.24) is 20.5 Å². The molecule has 0 radical (unpaired) electrons. The summed E-state index contributed by atoms with van der Waals surface area (Å²) in [7, 11) is -0.0990. The van der Waals surface area contributed by atoms with Gasteiger partial charge in [-0.2, -0.15) is 0 Å².